The molecule has 1 aromatic carbocycles. The van der Waals surface area contributed by atoms with Crippen LogP contribution in [0.4, 0.5) is 8.78 Å². The molecule has 2 aromatic rings. The van der Waals surface area contributed by atoms with E-state index in [-0.39, 0.29) is 24.1 Å². The molecule has 1 saturated carbocycles. The molecule has 1 aliphatic rings. The fourth-order valence-corrected chi connectivity index (χ4v) is 5.10. The highest BCUT2D eigenvalue weighted by molar-refractivity contribution is 7.10. The van der Waals surface area contributed by atoms with Gasteiger partial charge in [-0.3, -0.25) is 4.79 Å². The number of nitrogens with one attached hydrogen (secondary N) is 1. The summed E-state index contributed by atoms with van der Waals surface area (Å²) < 4.78 is 29.0. The minimum atomic E-state index is -2.82. The number of alkyl halides is 2. The summed E-state index contributed by atoms with van der Waals surface area (Å²) in [4.78, 5) is 16.0. The Morgan fingerprint density at radius 1 is 1.29 bits per heavy atom. The maximum atomic E-state index is 14.5. The number of rotatable bonds is 10. The van der Waals surface area contributed by atoms with Crippen molar-refractivity contribution in [2.45, 2.75) is 57.4 Å². The molecule has 3 rings (SSSR count). The van der Waals surface area contributed by atoms with Gasteiger partial charge in [0.05, 0.1) is 0 Å². The number of likely N-dealkylation sites (N-methyl/N-ethyl adjacent to an activating group) is 1. The van der Waals surface area contributed by atoms with E-state index in [4.69, 9.17) is 0 Å². The number of phenols is 1. The Morgan fingerprint density at radius 3 is 2.42 bits per heavy atom. The number of aryl methyl sites for hydroxylation is 1. The van der Waals surface area contributed by atoms with Gasteiger partial charge in [-0.1, -0.05) is 12.1 Å². The van der Waals surface area contributed by atoms with Gasteiger partial charge in [-0.05, 0) is 81.9 Å². The summed E-state index contributed by atoms with van der Waals surface area (Å²) in [5.41, 5.74) is 0.787. The zero-order valence-electron chi connectivity index (χ0n) is 18.6. The van der Waals surface area contributed by atoms with Crippen LogP contribution in [0.15, 0.2) is 35.7 Å². The van der Waals surface area contributed by atoms with Crippen LogP contribution in [0, 0.1) is 12.3 Å². The first-order valence-electron chi connectivity index (χ1n) is 10.7. The zero-order valence-corrected chi connectivity index (χ0v) is 19.4. The number of hydrogen-bond donors (Lipinski definition) is 2. The molecule has 0 radical (unpaired) electrons. The van der Waals surface area contributed by atoms with Gasteiger partial charge >= 0.3 is 0 Å². The van der Waals surface area contributed by atoms with Gasteiger partial charge in [0.15, 0.2) is 0 Å². The fourth-order valence-electron chi connectivity index (χ4n) is 4.34. The second kappa shape index (κ2) is 9.25. The lowest BCUT2D eigenvalue weighted by atomic mass is 9.78. The van der Waals surface area contributed by atoms with E-state index in [1.807, 2.05) is 49.5 Å². The number of thiophene rings is 1. The number of aromatic hydroxyl groups is 1. The Kier molecular flexibility index (Phi) is 7.06. The number of phenolic OH excluding ortho intramolecular Hbond substituents is 1. The average molecular weight is 451 g/mol. The van der Waals surface area contributed by atoms with Crippen molar-refractivity contribution in [3.63, 3.8) is 0 Å². The number of hydrogen-bond acceptors (Lipinski definition) is 4. The smallest absolute Gasteiger partial charge is 0.251 e. The maximum Gasteiger partial charge on any atom is 0.251 e. The summed E-state index contributed by atoms with van der Waals surface area (Å²) >= 11 is 1.54. The van der Waals surface area contributed by atoms with Crippen molar-refractivity contribution in [2.75, 3.05) is 20.6 Å². The summed E-state index contributed by atoms with van der Waals surface area (Å²) in [5.74, 6) is -3.28. The van der Waals surface area contributed by atoms with Crippen molar-refractivity contribution in [3.05, 3.63) is 51.7 Å². The van der Waals surface area contributed by atoms with E-state index in [9.17, 15) is 18.7 Å². The highest BCUT2D eigenvalue weighted by atomic mass is 32.1. The van der Waals surface area contributed by atoms with Crippen molar-refractivity contribution in [1.82, 2.24) is 10.2 Å². The monoisotopic (exact) mass is 450 g/mol. The van der Waals surface area contributed by atoms with Gasteiger partial charge in [0.25, 0.3) is 5.92 Å². The molecule has 1 heterocycles. The highest BCUT2D eigenvalue weighted by Crippen LogP contribution is 2.65. The molecule has 1 aliphatic carbocycles. The van der Waals surface area contributed by atoms with Crippen LogP contribution in [0.1, 0.15) is 48.1 Å². The number of carbonyl (C=O) groups is 1. The molecule has 0 spiro atoms. The second-order valence-electron chi connectivity index (χ2n) is 9.08. The summed E-state index contributed by atoms with van der Waals surface area (Å²) in [7, 11) is 3.90. The molecule has 0 bridgehead atoms. The number of benzene rings is 1. The van der Waals surface area contributed by atoms with Gasteiger partial charge < -0.3 is 15.3 Å². The Hall–Kier alpha value is -1.99. The molecule has 1 amide bonds. The van der Waals surface area contributed by atoms with Crippen molar-refractivity contribution in [3.8, 4) is 5.75 Å². The Bertz CT molecular complexity index is 886. The number of nitrogens with zero attached hydrogens (tertiary/aromatic N) is 1. The van der Waals surface area contributed by atoms with E-state index in [0.717, 1.165) is 22.9 Å². The molecule has 4 nitrogen and oxygen atoms in total. The minimum Gasteiger partial charge on any atom is -0.508 e. The van der Waals surface area contributed by atoms with Crippen LogP contribution in [0.2, 0.25) is 0 Å². The molecule has 0 unspecified atom stereocenters. The van der Waals surface area contributed by atoms with Crippen molar-refractivity contribution in [2.24, 2.45) is 5.41 Å². The molecule has 7 heteroatoms. The van der Waals surface area contributed by atoms with E-state index in [2.05, 4.69) is 5.32 Å². The van der Waals surface area contributed by atoms with Crippen LogP contribution in [-0.4, -0.2) is 48.5 Å². The molecule has 2 atom stereocenters. The lowest BCUT2D eigenvalue weighted by molar-refractivity contribution is -0.123. The normalized spacial score (nSPS) is 17.4. The van der Waals surface area contributed by atoms with Gasteiger partial charge in [-0.25, -0.2) is 8.78 Å². The first-order chi connectivity index (χ1) is 14.5. The molecule has 1 aromatic heterocycles. The number of halogens is 2. The first-order valence-corrected chi connectivity index (χ1v) is 11.5. The van der Waals surface area contributed by atoms with E-state index in [1.165, 1.54) is 11.3 Å². The summed E-state index contributed by atoms with van der Waals surface area (Å²) in [6.45, 7) is 3.38. The molecule has 1 fully saturated rings. The van der Waals surface area contributed by atoms with Gasteiger partial charge in [0.1, 0.15) is 5.75 Å². The molecular weight excluding hydrogens is 418 g/mol. The molecule has 170 valence electrons. The molecular formula is C24H32F2N2O2S. The third-order valence-corrected chi connectivity index (χ3v) is 7.43. The summed E-state index contributed by atoms with van der Waals surface area (Å²) in [6.07, 6.45) is 1.67. The Labute approximate surface area is 187 Å². The standard InChI is InChI=1S/C24H32F2N2O2S/c1-16-11-18(15-31-16)21(24(9-10-24)23(2,25)26)13-22(30)27-14-19(28(3)4)12-17-5-7-20(29)8-6-17/h5-8,11,15,19,21,29H,9-10,12-14H2,1-4H3,(H,27,30)/t19-,21+/m0/s1. The number of amides is 1. The van der Waals surface area contributed by atoms with E-state index in [1.54, 1.807) is 12.1 Å². The van der Waals surface area contributed by atoms with E-state index < -0.39 is 17.3 Å². The average Bonchev–Trinajstić information content (AvgIpc) is 3.40. The maximum absolute atomic E-state index is 14.5. The van der Waals surface area contributed by atoms with Crippen molar-refractivity contribution in [1.29, 1.82) is 0 Å². The van der Waals surface area contributed by atoms with Crippen LogP contribution in [-0.2, 0) is 11.2 Å². The Balaban J connectivity index is 1.67. The van der Waals surface area contributed by atoms with Gasteiger partial charge in [0, 0.05) is 35.2 Å². The minimum absolute atomic E-state index is 0.0536. The third-order valence-electron chi connectivity index (χ3n) is 6.55. The third kappa shape index (κ3) is 5.63. The highest BCUT2D eigenvalue weighted by Gasteiger charge is 2.63. The van der Waals surface area contributed by atoms with E-state index in [0.29, 0.717) is 25.8 Å². The first kappa shape index (κ1) is 23.7. The predicted molar refractivity (Wildman–Crippen MR) is 121 cm³/mol. The molecule has 0 saturated heterocycles. The van der Waals surface area contributed by atoms with Crippen LogP contribution in [0.25, 0.3) is 0 Å². The van der Waals surface area contributed by atoms with Crippen LogP contribution in [0.3, 0.4) is 0 Å². The zero-order chi connectivity index (χ0) is 22.8. The molecule has 0 aliphatic heterocycles. The largest absolute Gasteiger partial charge is 0.508 e. The fraction of sp³-hybridized carbons (Fsp3) is 0.542. The summed E-state index contributed by atoms with van der Waals surface area (Å²) in [5, 5.41) is 14.4. The van der Waals surface area contributed by atoms with Gasteiger partial charge in [0.2, 0.25) is 5.91 Å². The van der Waals surface area contributed by atoms with Gasteiger partial charge in [-0.2, -0.15) is 0 Å². The Morgan fingerprint density at radius 2 is 1.94 bits per heavy atom. The molecule has 31 heavy (non-hydrogen) atoms. The number of carbonyl (C=O) groups excluding carboxylic acids is 1. The van der Waals surface area contributed by atoms with Gasteiger partial charge in [-0.15, -0.1) is 11.3 Å². The topological polar surface area (TPSA) is 52.6 Å². The van der Waals surface area contributed by atoms with Crippen LogP contribution < -0.4 is 5.32 Å². The van der Waals surface area contributed by atoms with Crippen molar-refractivity contribution >= 4 is 17.2 Å². The quantitative estimate of drug-likeness (QED) is 0.538. The van der Waals surface area contributed by atoms with E-state index >= 15 is 0 Å². The second-order valence-corrected chi connectivity index (χ2v) is 10.2. The lowest BCUT2D eigenvalue weighted by Gasteiger charge is -2.32. The van der Waals surface area contributed by atoms with Crippen LogP contribution in [0.5, 0.6) is 5.75 Å². The molecule has 2 N–H and O–H groups in total. The summed E-state index contributed by atoms with van der Waals surface area (Å²) in [6, 6.07) is 9.02. The van der Waals surface area contributed by atoms with Crippen LogP contribution >= 0.6 is 11.3 Å². The lowest BCUT2D eigenvalue weighted by Crippen LogP contribution is -2.42. The SMILES string of the molecule is Cc1cc([C@@H](CC(=O)NC[C@H](Cc2ccc(O)cc2)N(C)C)C2(C(C)(F)F)CC2)cs1. The predicted octanol–water partition coefficient (Wildman–Crippen LogP) is 4.96. The van der Waals surface area contributed by atoms with Crippen molar-refractivity contribution < 1.29 is 18.7 Å².